The molecule has 0 amide bonds. The van der Waals surface area contributed by atoms with Crippen LogP contribution in [0, 0.1) is 0 Å². The summed E-state index contributed by atoms with van der Waals surface area (Å²) in [5, 5.41) is 10.3. The molecule has 4 nitrogen and oxygen atoms in total. The summed E-state index contributed by atoms with van der Waals surface area (Å²) in [7, 11) is 0. The van der Waals surface area contributed by atoms with Crippen LogP contribution >= 0.6 is 27.7 Å². The number of para-hydroxylation sites is 1. The molecule has 2 aromatic carbocycles. The summed E-state index contributed by atoms with van der Waals surface area (Å²) in [6.07, 6.45) is 0. The van der Waals surface area contributed by atoms with Gasteiger partial charge in [0.25, 0.3) is 0 Å². The number of hydrogen-bond acceptors (Lipinski definition) is 4. The zero-order valence-corrected chi connectivity index (χ0v) is 13.9. The minimum Gasteiger partial charge on any atom is -0.338 e. The summed E-state index contributed by atoms with van der Waals surface area (Å²) in [6.45, 7) is 0. The zero-order chi connectivity index (χ0) is 14.9. The van der Waals surface area contributed by atoms with E-state index in [0.29, 0.717) is 5.16 Å². The average Bonchev–Trinajstić information content (AvgIpc) is 2.91. The van der Waals surface area contributed by atoms with E-state index in [0.717, 1.165) is 32.3 Å². The third-order valence-corrected chi connectivity index (χ3v) is 4.76. The Labute approximate surface area is 139 Å². The molecule has 2 aromatic heterocycles. The zero-order valence-electron chi connectivity index (χ0n) is 11.5. The second-order valence-electron chi connectivity index (χ2n) is 4.88. The lowest BCUT2D eigenvalue weighted by Crippen LogP contribution is -1.92. The van der Waals surface area contributed by atoms with Crippen molar-refractivity contribution in [3.8, 4) is 0 Å². The number of nitrogens with one attached hydrogen (secondary N) is 1. The Kier molecular flexibility index (Phi) is 3.56. The van der Waals surface area contributed by atoms with Crippen molar-refractivity contribution in [3.05, 3.63) is 58.6 Å². The first-order valence-electron chi connectivity index (χ1n) is 6.78. The summed E-state index contributed by atoms with van der Waals surface area (Å²) in [4.78, 5) is 7.86. The van der Waals surface area contributed by atoms with Crippen LogP contribution in [0.25, 0.3) is 22.1 Å². The van der Waals surface area contributed by atoms with Crippen molar-refractivity contribution in [1.29, 1.82) is 0 Å². The molecule has 0 spiro atoms. The number of halogens is 1. The average molecular weight is 371 g/mol. The van der Waals surface area contributed by atoms with Gasteiger partial charge in [-0.05, 0) is 23.8 Å². The number of H-pyrrole nitrogens is 1. The first-order valence-corrected chi connectivity index (χ1v) is 8.56. The Morgan fingerprint density at radius 2 is 1.95 bits per heavy atom. The third kappa shape index (κ3) is 2.60. The molecule has 0 atom stereocenters. The largest absolute Gasteiger partial charge is 0.338 e. The standard InChI is InChI=1S/C16H11BrN4S/c17-11-5-3-4-10(8-11)9-22-16-19-15-14(20-21-16)12-6-1-2-7-13(12)18-15/h1-8H,9H2,(H,18,19,21). The molecular formula is C16H11BrN4S. The van der Waals surface area contributed by atoms with E-state index in [1.54, 1.807) is 11.8 Å². The van der Waals surface area contributed by atoms with Gasteiger partial charge in [0, 0.05) is 21.1 Å². The molecule has 108 valence electrons. The van der Waals surface area contributed by atoms with Gasteiger partial charge in [-0.15, -0.1) is 10.2 Å². The summed E-state index contributed by atoms with van der Waals surface area (Å²) in [5.74, 6) is 0.812. The molecule has 4 aromatic rings. The fourth-order valence-corrected chi connectivity index (χ4v) is 3.52. The van der Waals surface area contributed by atoms with Gasteiger partial charge in [-0.25, -0.2) is 4.98 Å². The van der Waals surface area contributed by atoms with Gasteiger partial charge in [0.15, 0.2) is 5.65 Å². The lowest BCUT2D eigenvalue weighted by atomic mass is 10.2. The van der Waals surface area contributed by atoms with Crippen molar-refractivity contribution in [2.75, 3.05) is 0 Å². The Bertz CT molecular complexity index is 967. The maximum Gasteiger partial charge on any atom is 0.211 e. The Balaban J connectivity index is 1.63. The van der Waals surface area contributed by atoms with Crippen LogP contribution < -0.4 is 0 Å². The normalized spacial score (nSPS) is 11.3. The Morgan fingerprint density at radius 1 is 1.05 bits per heavy atom. The highest BCUT2D eigenvalue weighted by molar-refractivity contribution is 9.10. The quantitative estimate of drug-likeness (QED) is 0.537. The van der Waals surface area contributed by atoms with E-state index < -0.39 is 0 Å². The molecule has 0 saturated heterocycles. The molecule has 22 heavy (non-hydrogen) atoms. The van der Waals surface area contributed by atoms with E-state index in [1.807, 2.05) is 36.4 Å². The van der Waals surface area contributed by atoms with Gasteiger partial charge in [-0.1, -0.05) is 58.0 Å². The first kappa shape index (κ1) is 13.7. The van der Waals surface area contributed by atoms with E-state index in [-0.39, 0.29) is 0 Å². The predicted molar refractivity (Wildman–Crippen MR) is 92.9 cm³/mol. The minimum absolute atomic E-state index is 0.680. The molecule has 0 radical (unpaired) electrons. The van der Waals surface area contributed by atoms with Gasteiger partial charge in [0.1, 0.15) is 5.52 Å². The van der Waals surface area contributed by atoms with Crippen molar-refractivity contribution in [2.24, 2.45) is 0 Å². The summed E-state index contributed by atoms with van der Waals surface area (Å²) < 4.78 is 1.08. The van der Waals surface area contributed by atoms with Crippen LogP contribution in [0.1, 0.15) is 5.56 Å². The molecule has 4 rings (SSSR count). The fraction of sp³-hybridized carbons (Fsp3) is 0.0625. The fourth-order valence-electron chi connectivity index (χ4n) is 2.34. The van der Waals surface area contributed by atoms with Crippen LogP contribution in [0.2, 0.25) is 0 Å². The monoisotopic (exact) mass is 370 g/mol. The van der Waals surface area contributed by atoms with Crippen LogP contribution in [-0.4, -0.2) is 20.2 Å². The minimum atomic E-state index is 0.680. The molecule has 0 aliphatic rings. The van der Waals surface area contributed by atoms with E-state index in [9.17, 15) is 0 Å². The number of rotatable bonds is 3. The molecule has 1 N–H and O–H groups in total. The molecular weight excluding hydrogens is 360 g/mol. The van der Waals surface area contributed by atoms with Crippen molar-refractivity contribution >= 4 is 49.8 Å². The van der Waals surface area contributed by atoms with E-state index in [4.69, 9.17) is 0 Å². The first-order chi connectivity index (χ1) is 10.8. The lowest BCUT2D eigenvalue weighted by molar-refractivity contribution is 0.878. The highest BCUT2D eigenvalue weighted by Crippen LogP contribution is 2.25. The number of benzene rings is 2. The van der Waals surface area contributed by atoms with Crippen LogP contribution in [0.4, 0.5) is 0 Å². The van der Waals surface area contributed by atoms with Gasteiger partial charge in [-0.3, -0.25) is 0 Å². The number of aromatic nitrogens is 4. The van der Waals surface area contributed by atoms with Gasteiger partial charge in [0.05, 0.1) is 0 Å². The van der Waals surface area contributed by atoms with E-state index in [1.165, 1.54) is 5.56 Å². The van der Waals surface area contributed by atoms with Gasteiger partial charge < -0.3 is 4.98 Å². The number of aromatic amines is 1. The van der Waals surface area contributed by atoms with Crippen LogP contribution in [0.3, 0.4) is 0 Å². The molecule has 0 fully saturated rings. The Morgan fingerprint density at radius 3 is 2.86 bits per heavy atom. The maximum atomic E-state index is 4.57. The molecule has 0 unspecified atom stereocenters. The highest BCUT2D eigenvalue weighted by atomic mass is 79.9. The van der Waals surface area contributed by atoms with Gasteiger partial charge in [0.2, 0.25) is 5.16 Å². The van der Waals surface area contributed by atoms with Crippen LogP contribution in [-0.2, 0) is 5.75 Å². The lowest BCUT2D eigenvalue weighted by Gasteiger charge is -2.01. The number of nitrogens with zero attached hydrogens (tertiary/aromatic N) is 3. The molecule has 2 heterocycles. The summed E-state index contributed by atoms with van der Waals surface area (Å²) in [5.41, 5.74) is 3.86. The topological polar surface area (TPSA) is 54.5 Å². The van der Waals surface area contributed by atoms with E-state index in [2.05, 4.69) is 48.2 Å². The SMILES string of the molecule is Brc1cccc(CSc2nnc3c(n2)[nH]c2ccccc23)c1. The molecule has 0 saturated carbocycles. The van der Waals surface area contributed by atoms with Crippen LogP contribution in [0.5, 0.6) is 0 Å². The maximum absolute atomic E-state index is 4.57. The van der Waals surface area contributed by atoms with Crippen LogP contribution in [0.15, 0.2) is 58.2 Å². The van der Waals surface area contributed by atoms with E-state index >= 15 is 0 Å². The number of hydrogen-bond donors (Lipinski definition) is 1. The van der Waals surface area contributed by atoms with Gasteiger partial charge >= 0.3 is 0 Å². The summed E-state index contributed by atoms with van der Waals surface area (Å²) in [6, 6.07) is 16.3. The van der Waals surface area contributed by atoms with Crippen molar-refractivity contribution < 1.29 is 0 Å². The molecule has 0 bridgehead atoms. The summed E-state index contributed by atoms with van der Waals surface area (Å²) >= 11 is 5.06. The van der Waals surface area contributed by atoms with Crippen molar-refractivity contribution in [1.82, 2.24) is 20.2 Å². The molecule has 0 aliphatic carbocycles. The predicted octanol–water partition coefficient (Wildman–Crippen LogP) is 4.56. The van der Waals surface area contributed by atoms with Crippen molar-refractivity contribution in [3.63, 3.8) is 0 Å². The molecule has 0 aliphatic heterocycles. The Hall–Kier alpha value is -1.92. The third-order valence-electron chi connectivity index (χ3n) is 3.36. The molecule has 6 heteroatoms. The second kappa shape index (κ2) is 5.70. The number of thioether (sulfide) groups is 1. The van der Waals surface area contributed by atoms with Crippen molar-refractivity contribution in [2.45, 2.75) is 10.9 Å². The van der Waals surface area contributed by atoms with Gasteiger partial charge in [-0.2, -0.15) is 0 Å². The highest BCUT2D eigenvalue weighted by Gasteiger charge is 2.09. The smallest absolute Gasteiger partial charge is 0.211 e. The number of fused-ring (bicyclic) bond motifs is 3. The second-order valence-corrected chi connectivity index (χ2v) is 6.74.